The third-order valence-electron chi connectivity index (χ3n) is 6.02. The molecular formula is C24H27F3N8O2. The zero-order valence-electron chi connectivity index (χ0n) is 20.4. The number of halogens is 3. The Morgan fingerprint density at radius 1 is 1.27 bits per heavy atom. The number of rotatable bonds is 6. The summed E-state index contributed by atoms with van der Waals surface area (Å²) in [6.07, 6.45) is -0.149. The summed E-state index contributed by atoms with van der Waals surface area (Å²) in [6, 6.07) is 2.87. The van der Waals surface area contributed by atoms with E-state index in [0.29, 0.717) is 24.7 Å². The first kappa shape index (κ1) is 26.0. The van der Waals surface area contributed by atoms with Crippen molar-refractivity contribution in [2.45, 2.75) is 45.1 Å². The predicted octanol–water partition coefficient (Wildman–Crippen LogP) is 1.80. The van der Waals surface area contributed by atoms with Crippen LogP contribution in [0.25, 0.3) is 11.2 Å². The Bertz CT molecular complexity index is 1490. The smallest absolute Gasteiger partial charge is 0.357 e. The second kappa shape index (κ2) is 10.5. The van der Waals surface area contributed by atoms with Gasteiger partial charge in [0.15, 0.2) is 11.2 Å². The highest BCUT2D eigenvalue weighted by atomic mass is 19.4. The molecule has 0 spiro atoms. The lowest BCUT2D eigenvalue weighted by atomic mass is 10.1. The molecule has 3 N–H and O–H groups in total. The van der Waals surface area contributed by atoms with Crippen molar-refractivity contribution in [3.63, 3.8) is 0 Å². The number of nitrogens with one attached hydrogen (secondary N) is 1. The summed E-state index contributed by atoms with van der Waals surface area (Å²) in [7, 11) is 1.43. The lowest BCUT2D eigenvalue weighted by molar-refractivity contribution is -0.0806. The number of aryl methyl sites for hydroxylation is 1. The van der Waals surface area contributed by atoms with Crippen LogP contribution in [-0.4, -0.2) is 49.0 Å². The molecule has 4 heterocycles. The summed E-state index contributed by atoms with van der Waals surface area (Å²) in [4.78, 5) is 37.2. The number of aromatic nitrogens is 5. The lowest BCUT2D eigenvalue weighted by Crippen LogP contribution is -2.44. The third-order valence-corrected chi connectivity index (χ3v) is 6.02. The number of nitrogens with two attached hydrogens (primary N) is 1. The molecule has 4 rings (SSSR count). The first-order valence-electron chi connectivity index (χ1n) is 11.6. The van der Waals surface area contributed by atoms with Crippen LogP contribution in [0, 0.1) is 11.8 Å². The highest BCUT2D eigenvalue weighted by Gasteiger charge is 2.28. The van der Waals surface area contributed by atoms with Gasteiger partial charge in [0.2, 0.25) is 5.95 Å². The number of alkyl halides is 3. The second-order valence-corrected chi connectivity index (χ2v) is 8.75. The Morgan fingerprint density at radius 2 is 2.00 bits per heavy atom. The van der Waals surface area contributed by atoms with Crippen LogP contribution in [0.2, 0.25) is 0 Å². The monoisotopic (exact) mass is 516 g/mol. The van der Waals surface area contributed by atoms with Gasteiger partial charge in [-0.3, -0.25) is 23.5 Å². The minimum atomic E-state index is -4.69. The van der Waals surface area contributed by atoms with E-state index in [9.17, 15) is 22.8 Å². The molecule has 13 heteroatoms. The summed E-state index contributed by atoms with van der Waals surface area (Å²) >= 11 is 0. The van der Waals surface area contributed by atoms with Crippen LogP contribution >= 0.6 is 0 Å². The van der Waals surface area contributed by atoms with E-state index in [0.717, 1.165) is 22.0 Å². The second-order valence-electron chi connectivity index (χ2n) is 8.75. The van der Waals surface area contributed by atoms with Gasteiger partial charge in [-0.25, -0.2) is 4.79 Å². The van der Waals surface area contributed by atoms with Gasteiger partial charge in [0.1, 0.15) is 0 Å². The highest BCUT2D eigenvalue weighted by molar-refractivity contribution is 5.75. The molecule has 0 radical (unpaired) electrons. The van der Waals surface area contributed by atoms with Gasteiger partial charge in [0, 0.05) is 56.0 Å². The zero-order chi connectivity index (χ0) is 26.7. The van der Waals surface area contributed by atoms with Crippen molar-refractivity contribution in [1.82, 2.24) is 23.7 Å². The van der Waals surface area contributed by atoms with Gasteiger partial charge < -0.3 is 16.0 Å². The van der Waals surface area contributed by atoms with E-state index < -0.39 is 24.0 Å². The molecule has 3 aromatic heterocycles. The van der Waals surface area contributed by atoms with Gasteiger partial charge in [0.05, 0.1) is 13.1 Å². The lowest BCUT2D eigenvalue weighted by Gasteiger charge is -2.31. The number of imidazole rings is 1. The van der Waals surface area contributed by atoms with Crippen molar-refractivity contribution >= 4 is 22.8 Å². The maximum atomic E-state index is 13.7. The van der Waals surface area contributed by atoms with E-state index in [1.807, 2.05) is 4.90 Å². The summed E-state index contributed by atoms with van der Waals surface area (Å²) < 4.78 is 43.6. The average molecular weight is 517 g/mol. The fraction of sp³-hybridized carbons (Fsp3) is 0.417. The van der Waals surface area contributed by atoms with E-state index in [4.69, 9.17) is 5.73 Å². The van der Waals surface area contributed by atoms with E-state index >= 15 is 0 Å². The first-order valence-corrected chi connectivity index (χ1v) is 11.6. The maximum Gasteiger partial charge on any atom is 0.411 e. The molecule has 1 aliphatic rings. The summed E-state index contributed by atoms with van der Waals surface area (Å²) in [6.45, 7) is 2.30. The van der Waals surface area contributed by atoms with Crippen LogP contribution in [0.3, 0.4) is 0 Å². The molecule has 0 amide bonds. The Kier molecular flexibility index (Phi) is 7.40. The molecule has 1 atom stereocenters. The molecule has 1 saturated heterocycles. The van der Waals surface area contributed by atoms with Crippen molar-refractivity contribution < 1.29 is 13.2 Å². The summed E-state index contributed by atoms with van der Waals surface area (Å²) in [5.41, 5.74) is 4.72. The molecule has 0 bridgehead atoms. The zero-order valence-corrected chi connectivity index (χ0v) is 20.4. The summed E-state index contributed by atoms with van der Waals surface area (Å²) in [5.74, 6) is 6.15. The molecule has 1 unspecified atom stereocenters. The van der Waals surface area contributed by atoms with Crippen LogP contribution in [0.4, 0.5) is 24.8 Å². The van der Waals surface area contributed by atoms with Crippen molar-refractivity contribution in [3.8, 4) is 11.8 Å². The number of pyridine rings is 1. The van der Waals surface area contributed by atoms with E-state index in [-0.39, 0.29) is 35.5 Å². The van der Waals surface area contributed by atoms with Crippen molar-refractivity contribution in [2.24, 2.45) is 12.8 Å². The number of anilines is 2. The van der Waals surface area contributed by atoms with Gasteiger partial charge in [-0.05, 0) is 31.9 Å². The Morgan fingerprint density at radius 3 is 2.65 bits per heavy atom. The predicted molar refractivity (Wildman–Crippen MR) is 134 cm³/mol. The molecule has 10 nitrogen and oxygen atoms in total. The minimum absolute atomic E-state index is 0.0317. The topological polar surface area (TPSA) is 116 Å². The fourth-order valence-corrected chi connectivity index (χ4v) is 4.35. The number of piperidine rings is 1. The SMILES string of the molecule is CC#CCn1c(N2CCCC(N)C2)nc2c1c(=O)n(CC(=CC(F)(F)F)Nc1ccncc1)c(=O)n2C. The van der Waals surface area contributed by atoms with Crippen molar-refractivity contribution in [3.05, 3.63) is 57.1 Å². The molecule has 3 aromatic rings. The van der Waals surface area contributed by atoms with Gasteiger partial charge in [-0.15, -0.1) is 5.92 Å². The van der Waals surface area contributed by atoms with Crippen LogP contribution in [0.1, 0.15) is 19.8 Å². The number of nitrogens with zero attached hydrogens (tertiary/aromatic N) is 6. The van der Waals surface area contributed by atoms with Gasteiger partial charge in [0.25, 0.3) is 5.56 Å². The molecule has 1 fully saturated rings. The quantitative estimate of drug-likeness (QED) is 0.480. The minimum Gasteiger partial charge on any atom is -0.357 e. The third kappa shape index (κ3) is 5.69. The van der Waals surface area contributed by atoms with Crippen LogP contribution in [0.15, 0.2) is 45.9 Å². The molecule has 0 aliphatic carbocycles. The molecule has 37 heavy (non-hydrogen) atoms. The van der Waals surface area contributed by atoms with E-state index in [1.54, 1.807) is 11.5 Å². The molecule has 1 aliphatic heterocycles. The van der Waals surface area contributed by atoms with Crippen LogP contribution in [-0.2, 0) is 20.1 Å². The molecular weight excluding hydrogens is 489 g/mol. The van der Waals surface area contributed by atoms with Crippen molar-refractivity contribution in [1.29, 1.82) is 0 Å². The standard InChI is InChI=1S/C24H27F3N8O2/c1-3-4-12-34-19-20(31-22(34)33-11-5-6-16(28)14-33)32(2)23(37)35(21(19)36)15-18(13-24(25,26)27)30-17-7-9-29-10-8-17/h7-10,13,16H,5-6,11-12,14-15,28H2,1-2H3,(H,29,30). The molecule has 0 saturated carbocycles. The normalized spacial score (nSPS) is 16.5. The number of hydrogen-bond acceptors (Lipinski definition) is 7. The van der Waals surface area contributed by atoms with E-state index in [2.05, 4.69) is 27.1 Å². The number of allylic oxidation sites excluding steroid dienone is 2. The number of hydrogen-bond donors (Lipinski definition) is 2. The van der Waals surface area contributed by atoms with Gasteiger partial charge in [-0.2, -0.15) is 18.2 Å². The Hall–Kier alpha value is -4.05. The van der Waals surface area contributed by atoms with Gasteiger partial charge in [-0.1, -0.05) is 5.92 Å². The van der Waals surface area contributed by atoms with Gasteiger partial charge >= 0.3 is 11.9 Å². The van der Waals surface area contributed by atoms with Crippen LogP contribution in [0.5, 0.6) is 0 Å². The number of fused-ring (bicyclic) bond motifs is 1. The molecule has 0 aromatic carbocycles. The molecule has 196 valence electrons. The van der Waals surface area contributed by atoms with Crippen molar-refractivity contribution in [2.75, 3.05) is 23.3 Å². The Balaban J connectivity index is 1.87. The average Bonchev–Trinajstić information content (AvgIpc) is 3.23. The first-order chi connectivity index (χ1) is 17.6. The maximum absolute atomic E-state index is 13.7. The fourth-order valence-electron chi connectivity index (χ4n) is 4.35. The summed E-state index contributed by atoms with van der Waals surface area (Å²) in [5, 5.41) is 2.64. The largest absolute Gasteiger partial charge is 0.411 e. The van der Waals surface area contributed by atoms with Crippen LogP contribution < -0.4 is 27.2 Å². The highest BCUT2D eigenvalue weighted by Crippen LogP contribution is 2.24. The van der Waals surface area contributed by atoms with E-state index in [1.165, 1.54) is 31.6 Å². The Labute approximate surface area is 210 Å².